The van der Waals surface area contributed by atoms with Crippen LogP contribution in [-0.4, -0.2) is 17.3 Å². The first-order chi connectivity index (χ1) is 7.23. The fraction of sp³-hybridized carbons (Fsp3) is 0.222. The molecule has 0 saturated carbocycles. The lowest BCUT2D eigenvalue weighted by atomic mass is 10.0. The number of carboxylic acid groups (broad SMARTS) is 1. The number of rotatable bonds is 2. The molecule has 0 fully saturated rings. The van der Waals surface area contributed by atoms with E-state index in [9.17, 15) is 22.4 Å². The van der Waals surface area contributed by atoms with E-state index in [-0.39, 0.29) is 0 Å². The van der Waals surface area contributed by atoms with E-state index in [0.717, 1.165) is 6.07 Å². The van der Waals surface area contributed by atoms with Gasteiger partial charge in [0.05, 0.1) is 5.56 Å². The molecule has 0 saturated heterocycles. The van der Waals surface area contributed by atoms with Crippen molar-refractivity contribution >= 4 is 5.97 Å². The van der Waals surface area contributed by atoms with Crippen LogP contribution in [-0.2, 0) is 0 Å². The molecule has 0 heterocycles. The SMILES string of the molecule is N[C@@H](c1ccc(F)c(C(=O)O)c1)C(F)(F)F. The van der Waals surface area contributed by atoms with Gasteiger partial charge in [-0.25, -0.2) is 9.18 Å². The molecule has 0 radical (unpaired) electrons. The van der Waals surface area contributed by atoms with Gasteiger partial charge in [-0.3, -0.25) is 0 Å². The van der Waals surface area contributed by atoms with Crippen molar-refractivity contribution in [1.29, 1.82) is 0 Å². The second-order valence-corrected chi connectivity index (χ2v) is 3.06. The minimum absolute atomic E-state index is 0.494. The largest absolute Gasteiger partial charge is 0.478 e. The molecular weight excluding hydrogens is 230 g/mol. The van der Waals surface area contributed by atoms with Gasteiger partial charge in [0.15, 0.2) is 0 Å². The Balaban J connectivity index is 3.18. The Labute approximate surface area is 87.5 Å². The zero-order valence-electron chi connectivity index (χ0n) is 7.75. The van der Waals surface area contributed by atoms with Crippen LogP contribution in [0.25, 0.3) is 0 Å². The van der Waals surface area contributed by atoms with Crippen LogP contribution in [0, 0.1) is 5.82 Å². The number of alkyl halides is 3. The molecule has 3 N–H and O–H groups in total. The number of carbonyl (C=O) groups is 1. The van der Waals surface area contributed by atoms with E-state index in [0.29, 0.717) is 12.1 Å². The highest BCUT2D eigenvalue weighted by molar-refractivity contribution is 5.88. The van der Waals surface area contributed by atoms with Crippen LogP contribution in [0.2, 0.25) is 0 Å². The minimum atomic E-state index is -4.70. The summed E-state index contributed by atoms with van der Waals surface area (Å²) in [6.45, 7) is 0. The van der Waals surface area contributed by atoms with Crippen molar-refractivity contribution in [2.45, 2.75) is 12.2 Å². The molecule has 88 valence electrons. The molecule has 0 aliphatic heterocycles. The first-order valence-corrected chi connectivity index (χ1v) is 4.08. The number of hydrogen-bond acceptors (Lipinski definition) is 2. The molecule has 3 nitrogen and oxygen atoms in total. The van der Waals surface area contributed by atoms with E-state index in [2.05, 4.69) is 0 Å². The number of carboxylic acids is 1. The Kier molecular flexibility index (Phi) is 3.18. The molecule has 0 spiro atoms. The second-order valence-electron chi connectivity index (χ2n) is 3.06. The van der Waals surface area contributed by atoms with Crippen LogP contribution >= 0.6 is 0 Å². The third kappa shape index (κ3) is 2.48. The molecule has 1 atom stereocenters. The highest BCUT2D eigenvalue weighted by Gasteiger charge is 2.38. The zero-order chi connectivity index (χ0) is 12.5. The lowest BCUT2D eigenvalue weighted by molar-refractivity contribution is -0.149. The Morgan fingerprint density at radius 1 is 1.38 bits per heavy atom. The predicted octanol–water partition coefficient (Wildman–Crippen LogP) is 2.09. The van der Waals surface area contributed by atoms with E-state index < -0.39 is 35.1 Å². The maximum Gasteiger partial charge on any atom is 0.407 e. The van der Waals surface area contributed by atoms with E-state index >= 15 is 0 Å². The van der Waals surface area contributed by atoms with Gasteiger partial charge in [0.25, 0.3) is 0 Å². The molecule has 0 aliphatic carbocycles. The van der Waals surface area contributed by atoms with Crippen molar-refractivity contribution in [3.63, 3.8) is 0 Å². The van der Waals surface area contributed by atoms with Crippen LogP contribution < -0.4 is 5.73 Å². The molecule has 0 amide bonds. The van der Waals surface area contributed by atoms with Gasteiger partial charge in [-0.1, -0.05) is 6.07 Å². The maximum atomic E-state index is 12.9. The smallest absolute Gasteiger partial charge is 0.407 e. The second kappa shape index (κ2) is 4.09. The van der Waals surface area contributed by atoms with E-state index in [4.69, 9.17) is 10.8 Å². The van der Waals surface area contributed by atoms with Crippen molar-refractivity contribution in [3.05, 3.63) is 35.1 Å². The topological polar surface area (TPSA) is 63.3 Å². The van der Waals surface area contributed by atoms with E-state index in [1.54, 1.807) is 0 Å². The third-order valence-corrected chi connectivity index (χ3v) is 1.93. The van der Waals surface area contributed by atoms with Gasteiger partial charge < -0.3 is 10.8 Å². The molecule has 0 aromatic heterocycles. The average Bonchev–Trinajstić information content (AvgIpc) is 2.15. The predicted molar refractivity (Wildman–Crippen MR) is 46.3 cm³/mol. The minimum Gasteiger partial charge on any atom is -0.478 e. The van der Waals surface area contributed by atoms with Crippen LogP contribution in [0.3, 0.4) is 0 Å². The summed E-state index contributed by atoms with van der Waals surface area (Å²) >= 11 is 0. The summed E-state index contributed by atoms with van der Waals surface area (Å²) in [5.41, 5.74) is 3.52. The summed E-state index contributed by atoms with van der Waals surface area (Å²) in [7, 11) is 0. The number of benzene rings is 1. The Morgan fingerprint density at radius 2 is 1.94 bits per heavy atom. The van der Waals surface area contributed by atoms with Gasteiger partial charge in [-0.15, -0.1) is 0 Å². The first kappa shape index (κ1) is 12.4. The maximum absolute atomic E-state index is 12.9. The quantitative estimate of drug-likeness (QED) is 0.774. The fourth-order valence-corrected chi connectivity index (χ4v) is 1.09. The summed E-state index contributed by atoms with van der Waals surface area (Å²) in [4.78, 5) is 10.5. The van der Waals surface area contributed by atoms with E-state index in [1.807, 2.05) is 0 Å². The number of aromatic carboxylic acids is 1. The molecule has 1 rings (SSSR count). The molecule has 7 heteroatoms. The zero-order valence-corrected chi connectivity index (χ0v) is 7.75. The molecule has 1 aromatic rings. The Hall–Kier alpha value is -1.63. The lowest BCUT2D eigenvalue weighted by Gasteiger charge is -2.16. The summed E-state index contributed by atoms with van der Waals surface area (Å²) in [5.74, 6) is -2.75. The summed E-state index contributed by atoms with van der Waals surface area (Å²) in [6.07, 6.45) is -4.70. The van der Waals surface area contributed by atoms with Crippen molar-refractivity contribution < 1.29 is 27.5 Å². The fourth-order valence-electron chi connectivity index (χ4n) is 1.09. The molecule has 0 bridgehead atoms. The van der Waals surface area contributed by atoms with Gasteiger partial charge in [-0.05, 0) is 17.7 Å². The summed E-state index contributed by atoms with van der Waals surface area (Å²) < 4.78 is 49.5. The molecule has 0 unspecified atom stereocenters. The lowest BCUT2D eigenvalue weighted by Crippen LogP contribution is -2.28. The van der Waals surface area contributed by atoms with Crippen LogP contribution in [0.1, 0.15) is 22.0 Å². The standard InChI is InChI=1S/C9H7F4NO2/c10-6-2-1-4(3-5(6)8(15)16)7(14)9(11,12)13/h1-3,7H,14H2,(H,15,16)/t7-/m0/s1. The van der Waals surface area contributed by atoms with Crippen molar-refractivity contribution in [1.82, 2.24) is 0 Å². The normalized spacial score (nSPS) is 13.6. The van der Waals surface area contributed by atoms with Gasteiger partial charge in [0, 0.05) is 0 Å². The number of hydrogen-bond donors (Lipinski definition) is 2. The van der Waals surface area contributed by atoms with Gasteiger partial charge in [0.1, 0.15) is 11.9 Å². The highest BCUT2D eigenvalue weighted by atomic mass is 19.4. The highest BCUT2D eigenvalue weighted by Crippen LogP contribution is 2.31. The van der Waals surface area contributed by atoms with Crippen LogP contribution in [0.4, 0.5) is 17.6 Å². The molecule has 16 heavy (non-hydrogen) atoms. The first-order valence-electron chi connectivity index (χ1n) is 4.08. The third-order valence-electron chi connectivity index (χ3n) is 1.93. The van der Waals surface area contributed by atoms with Crippen LogP contribution in [0.15, 0.2) is 18.2 Å². The van der Waals surface area contributed by atoms with E-state index in [1.165, 1.54) is 0 Å². The van der Waals surface area contributed by atoms with Crippen molar-refractivity contribution in [2.24, 2.45) is 5.73 Å². The van der Waals surface area contributed by atoms with Crippen LogP contribution in [0.5, 0.6) is 0 Å². The molecule has 0 aliphatic rings. The van der Waals surface area contributed by atoms with Gasteiger partial charge in [-0.2, -0.15) is 13.2 Å². The average molecular weight is 237 g/mol. The number of halogens is 4. The van der Waals surface area contributed by atoms with Gasteiger partial charge >= 0.3 is 12.1 Å². The summed E-state index contributed by atoms with van der Waals surface area (Å²) in [5, 5.41) is 8.51. The molecule has 1 aromatic carbocycles. The monoisotopic (exact) mass is 237 g/mol. The molecular formula is C9H7F4NO2. The van der Waals surface area contributed by atoms with Gasteiger partial charge in [0.2, 0.25) is 0 Å². The van der Waals surface area contributed by atoms with Crippen molar-refractivity contribution in [3.8, 4) is 0 Å². The summed E-state index contributed by atoms with van der Waals surface area (Å²) in [6, 6.07) is -0.300. The Bertz CT molecular complexity index is 416. The van der Waals surface area contributed by atoms with Crippen molar-refractivity contribution in [2.75, 3.05) is 0 Å². The number of nitrogens with two attached hydrogens (primary N) is 1. The Morgan fingerprint density at radius 3 is 2.38 bits per heavy atom.